The van der Waals surface area contributed by atoms with Crippen LogP contribution in [0, 0.1) is 20.8 Å². The summed E-state index contributed by atoms with van der Waals surface area (Å²) in [7, 11) is -3.98. The highest BCUT2D eigenvalue weighted by atomic mass is 35.5. The van der Waals surface area contributed by atoms with Gasteiger partial charge in [0.1, 0.15) is 18.9 Å². The molecule has 6 nitrogen and oxygen atoms in total. The highest BCUT2D eigenvalue weighted by Crippen LogP contribution is 2.28. The quantitative estimate of drug-likeness (QED) is 0.446. The molecule has 0 spiro atoms. The Morgan fingerprint density at radius 3 is 2.36 bits per heavy atom. The van der Waals surface area contributed by atoms with Gasteiger partial charge >= 0.3 is 0 Å². The van der Waals surface area contributed by atoms with Crippen LogP contribution in [0.3, 0.4) is 0 Å². The van der Waals surface area contributed by atoms with Crippen molar-refractivity contribution in [2.24, 2.45) is 0 Å². The van der Waals surface area contributed by atoms with Crippen molar-refractivity contribution in [3.63, 3.8) is 0 Å². The lowest BCUT2D eigenvalue weighted by Gasteiger charge is -2.24. The largest absolute Gasteiger partial charge is 0.491 e. The molecule has 0 aliphatic rings. The molecular weight excluding hydrogens is 460 g/mol. The number of hydrogen-bond donors (Lipinski definition) is 1. The first-order valence-electron chi connectivity index (χ1n) is 10.5. The number of aryl methyl sites for hydroxylation is 3. The fourth-order valence-corrected chi connectivity index (χ4v) is 4.88. The third-order valence-corrected chi connectivity index (χ3v) is 7.27. The van der Waals surface area contributed by atoms with E-state index in [1.807, 2.05) is 39.0 Å². The monoisotopic (exact) mass is 486 g/mol. The Morgan fingerprint density at radius 1 is 0.970 bits per heavy atom. The highest BCUT2D eigenvalue weighted by molar-refractivity contribution is 7.92. The normalized spacial score (nSPS) is 11.2. The van der Waals surface area contributed by atoms with Crippen molar-refractivity contribution >= 4 is 33.2 Å². The second kappa shape index (κ2) is 10.7. The van der Waals surface area contributed by atoms with Crippen molar-refractivity contribution in [1.82, 2.24) is 5.32 Å². The Hall–Kier alpha value is -3.03. The van der Waals surface area contributed by atoms with Crippen LogP contribution in [0.1, 0.15) is 16.7 Å². The van der Waals surface area contributed by atoms with Crippen LogP contribution in [0.4, 0.5) is 5.69 Å². The van der Waals surface area contributed by atoms with Gasteiger partial charge in [-0.25, -0.2) is 8.42 Å². The fourth-order valence-electron chi connectivity index (χ4n) is 3.27. The van der Waals surface area contributed by atoms with Crippen LogP contribution < -0.4 is 14.4 Å². The van der Waals surface area contributed by atoms with Crippen LogP contribution in [-0.4, -0.2) is 34.0 Å². The van der Waals surface area contributed by atoms with E-state index in [2.05, 4.69) is 5.32 Å². The number of ether oxygens (including phenoxy) is 1. The van der Waals surface area contributed by atoms with Crippen molar-refractivity contribution in [1.29, 1.82) is 0 Å². The van der Waals surface area contributed by atoms with Crippen LogP contribution in [-0.2, 0) is 14.8 Å². The molecule has 3 aromatic rings. The number of sulfonamides is 1. The average molecular weight is 487 g/mol. The molecule has 33 heavy (non-hydrogen) atoms. The molecule has 0 atom stereocenters. The number of halogens is 1. The third-order valence-electron chi connectivity index (χ3n) is 5.07. The van der Waals surface area contributed by atoms with E-state index in [0.717, 1.165) is 26.7 Å². The Kier molecular flexibility index (Phi) is 8.00. The summed E-state index contributed by atoms with van der Waals surface area (Å²) in [5.41, 5.74) is 3.28. The van der Waals surface area contributed by atoms with E-state index in [-0.39, 0.29) is 24.6 Å². The molecule has 3 rings (SSSR count). The minimum absolute atomic E-state index is 0.0904. The lowest BCUT2D eigenvalue weighted by molar-refractivity contribution is -0.119. The number of nitrogens with zero attached hydrogens (tertiary/aromatic N) is 1. The predicted octanol–water partition coefficient (Wildman–Crippen LogP) is 4.66. The number of nitrogens with one attached hydrogen (secondary N) is 1. The number of amides is 1. The molecule has 0 unspecified atom stereocenters. The zero-order valence-electron chi connectivity index (χ0n) is 18.8. The van der Waals surface area contributed by atoms with Crippen molar-refractivity contribution in [3.8, 4) is 5.75 Å². The summed E-state index contributed by atoms with van der Waals surface area (Å²) in [5, 5.41) is 3.15. The molecule has 0 aliphatic heterocycles. The van der Waals surface area contributed by atoms with E-state index in [1.54, 1.807) is 36.4 Å². The van der Waals surface area contributed by atoms with Crippen LogP contribution in [0.2, 0.25) is 5.02 Å². The third kappa shape index (κ3) is 6.27. The van der Waals surface area contributed by atoms with E-state index in [9.17, 15) is 13.2 Å². The molecule has 174 valence electrons. The summed E-state index contributed by atoms with van der Waals surface area (Å²) in [6.07, 6.45) is 0. The van der Waals surface area contributed by atoms with Crippen molar-refractivity contribution in [2.45, 2.75) is 25.7 Å². The zero-order chi connectivity index (χ0) is 24.0. The lowest BCUT2D eigenvalue weighted by atomic mass is 10.1. The molecule has 0 bridgehead atoms. The van der Waals surface area contributed by atoms with Gasteiger partial charge in [0.2, 0.25) is 5.91 Å². The molecule has 0 saturated heterocycles. The minimum atomic E-state index is -3.98. The lowest BCUT2D eigenvalue weighted by Crippen LogP contribution is -2.42. The highest BCUT2D eigenvalue weighted by Gasteiger charge is 2.27. The van der Waals surface area contributed by atoms with E-state index in [4.69, 9.17) is 16.3 Å². The summed E-state index contributed by atoms with van der Waals surface area (Å²) in [6, 6.07) is 18.8. The fraction of sp³-hybridized carbons (Fsp3) is 0.240. The Labute approximate surface area is 200 Å². The topological polar surface area (TPSA) is 75.7 Å². The molecule has 0 aromatic heterocycles. The molecule has 1 N–H and O–H groups in total. The van der Waals surface area contributed by atoms with Crippen LogP contribution in [0.25, 0.3) is 0 Å². The minimum Gasteiger partial charge on any atom is -0.491 e. The van der Waals surface area contributed by atoms with Crippen molar-refractivity contribution in [3.05, 3.63) is 88.4 Å². The molecule has 0 radical (unpaired) electrons. The number of carbonyl (C=O) groups excluding carboxylic acids is 1. The maximum absolute atomic E-state index is 13.3. The van der Waals surface area contributed by atoms with Gasteiger partial charge in [0.15, 0.2) is 0 Å². The smallest absolute Gasteiger partial charge is 0.264 e. The van der Waals surface area contributed by atoms with Crippen molar-refractivity contribution in [2.75, 3.05) is 24.0 Å². The number of carbonyl (C=O) groups is 1. The SMILES string of the molecule is Cc1ccc(OCCNC(=O)CN(c2ccc(C)c(Cl)c2)S(=O)(=O)c2ccccc2)c(C)c1. The maximum Gasteiger partial charge on any atom is 0.264 e. The molecular formula is C25H27ClN2O4S. The average Bonchev–Trinajstić information content (AvgIpc) is 2.78. The van der Waals surface area contributed by atoms with Crippen LogP contribution >= 0.6 is 11.6 Å². The molecule has 0 fully saturated rings. The van der Waals surface area contributed by atoms with E-state index in [1.165, 1.54) is 12.1 Å². The molecule has 3 aromatic carbocycles. The summed E-state index contributed by atoms with van der Waals surface area (Å²) in [5.74, 6) is 0.299. The number of hydrogen-bond acceptors (Lipinski definition) is 4. The summed E-state index contributed by atoms with van der Waals surface area (Å²) >= 11 is 6.24. The Morgan fingerprint density at radius 2 is 1.70 bits per heavy atom. The number of anilines is 1. The number of rotatable bonds is 9. The van der Waals surface area contributed by atoms with E-state index < -0.39 is 15.9 Å². The molecule has 0 aliphatic carbocycles. The second-order valence-electron chi connectivity index (χ2n) is 7.73. The van der Waals surface area contributed by atoms with Crippen molar-refractivity contribution < 1.29 is 17.9 Å². The van der Waals surface area contributed by atoms with Gasteiger partial charge in [-0.1, -0.05) is 53.6 Å². The molecule has 0 heterocycles. The Bertz CT molecular complexity index is 1230. The summed E-state index contributed by atoms with van der Waals surface area (Å²) in [6.45, 7) is 5.90. The van der Waals surface area contributed by atoms with Gasteiger partial charge in [0.05, 0.1) is 17.1 Å². The summed E-state index contributed by atoms with van der Waals surface area (Å²) in [4.78, 5) is 12.8. The van der Waals surface area contributed by atoms with Gasteiger partial charge in [-0.2, -0.15) is 0 Å². The van der Waals surface area contributed by atoms with Gasteiger partial charge < -0.3 is 10.1 Å². The summed E-state index contributed by atoms with van der Waals surface area (Å²) < 4.78 is 33.4. The zero-order valence-corrected chi connectivity index (χ0v) is 20.4. The van der Waals surface area contributed by atoms with Gasteiger partial charge in [-0.05, 0) is 62.2 Å². The number of benzene rings is 3. The van der Waals surface area contributed by atoms with Gasteiger partial charge in [0, 0.05) is 5.02 Å². The first kappa shape index (κ1) is 24.6. The van der Waals surface area contributed by atoms with Gasteiger partial charge in [0.25, 0.3) is 10.0 Å². The first-order chi connectivity index (χ1) is 15.7. The van der Waals surface area contributed by atoms with E-state index >= 15 is 0 Å². The molecule has 0 saturated carbocycles. The molecule has 8 heteroatoms. The van der Waals surface area contributed by atoms with Crippen LogP contribution in [0.15, 0.2) is 71.6 Å². The van der Waals surface area contributed by atoms with Crippen LogP contribution in [0.5, 0.6) is 5.75 Å². The maximum atomic E-state index is 13.3. The second-order valence-corrected chi connectivity index (χ2v) is 10.00. The van der Waals surface area contributed by atoms with Gasteiger partial charge in [-0.15, -0.1) is 0 Å². The predicted molar refractivity (Wildman–Crippen MR) is 132 cm³/mol. The molecule has 1 amide bonds. The first-order valence-corrected chi connectivity index (χ1v) is 12.3. The standard InChI is InChI=1S/C25H27ClN2O4S/c1-18-9-12-24(20(3)15-18)32-14-13-27-25(29)17-28(21-11-10-19(2)23(26)16-21)33(30,31)22-7-5-4-6-8-22/h4-12,15-16H,13-14,17H2,1-3H3,(H,27,29). The Balaban J connectivity index is 1.71. The van der Waals surface area contributed by atoms with E-state index in [0.29, 0.717) is 10.7 Å². The van der Waals surface area contributed by atoms with Gasteiger partial charge in [-0.3, -0.25) is 9.10 Å².